The fourth-order valence-corrected chi connectivity index (χ4v) is 1.50. The molecule has 4 amide bonds. The van der Waals surface area contributed by atoms with Gasteiger partial charge in [0.25, 0.3) is 0 Å². The van der Waals surface area contributed by atoms with Crippen LogP contribution in [0.4, 0.5) is 10.5 Å². The molecule has 0 spiro atoms. The highest BCUT2D eigenvalue weighted by Crippen LogP contribution is 2.19. The minimum absolute atomic E-state index is 0.462. The Morgan fingerprint density at radius 1 is 1.12 bits per heavy atom. The van der Waals surface area contributed by atoms with Gasteiger partial charge in [-0.1, -0.05) is 18.2 Å². The monoisotopic (exact) mass is 218 g/mol. The Balaban J connectivity index is 2.38. The van der Waals surface area contributed by atoms with Crippen molar-refractivity contribution in [1.82, 2.24) is 5.32 Å². The molecule has 1 aromatic rings. The normalized spacial score (nSPS) is 20.9. The first-order valence-corrected chi connectivity index (χ1v) is 4.85. The third kappa shape index (κ3) is 1.56. The van der Waals surface area contributed by atoms with E-state index in [4.69, 9.17) is 0 Å². The van der Waals surface area contributed by atoms with Crippen LogP contribution in [-0.4, -0.2) is 17.8 Å². The second kappa shape index (κ2) is 3.77. The second-order valence-electron chi connectivity index (χ2n) is 3.53. The number of imide groups is 2. The van der Waals surface area contributed by atoms with Crippen molar-refractivity contribution in [2.24, 2.45) is 5.92 Å². The van der Waals surface area contributed by atoms with Gasteiger partial charge in [0, 0.05) is 0 Å². The molecule has 0 bridgehead atoms. The summed E-state index contributed by atoms with van der Waals surface area (Å²) in [5.41, 5.74) is 0.462. The number of urea groups is 1. The minimum Gasteiger partial charge on any atom is -0.277 e. The van der Waals surface area contributed by atoms with E-state index in [0.29, 0.717) is 5.69 Å². The van der Waals surface area contributed by atoms with Gasteiger partial charge in [0.15, 0.2) is 0 Å². The van der Waals surface area contributed by atoms with Gasteiger partial charge in [-0.25, -0.2) is 9.69 Å². The van der Waals surface area contributed by atoms with Crippen LogP contribution in [0.2, 0.25) is 0 Å². The van der Waals surface area contributed by atoms with Crippen LogP contribution in [-0.2, 0) is 9.59 Å². The van der Waals surface area contributed by atoms with Crippen LogP contribution in [0.5, 0.6) is 0 Å². The van der Waals surface area contributed by atoms with Gasteiger partial charge in [0.1, 0.15) is 5.92 Å². The molecule has 1 aliphatic rings. The molecule has 2 rings (SSSR count). The van der Waals surface area contributed by atoms with Crippen LogP contribution in [0, 0.1) is 5.92 Å². The molecule has 1 aromatic carbocycles. The molecule has 1 fully saturated rings. The number of anilines is 1. The van der Waals surface area contributed by atoms with Crippen molar-refractivity contribution < 1.29 is 14.4 Å². The van der Waals surface area contributed by atoms with Crippen molar-refractivity contribution in [3.05, 3.63) is 30.3 Å². The van der Waals surface area contributed by atoms with Crippen molar-refractivity contribution >= 4 is 23.5 Å². The number of amides is 4. The lowest BCUT2D eigenvalue weighted by atomic mass is 10.1. The molecule has 1 atom stereocenters. The zero-order valence-corrected chi connectivity index (χ0v) is 8.64. The van der Waals surface area contributed by atoms with E-state index >= 15 is 0 Å². The SMILES string of the molecule is CC1C(=O)NC(=O)N(c2ccccc2)C1=O. The predicted molar refractivity (Wildman–Crippen MR) is 56.6 cm³/mol. The Morgan fingerprint density at radius 3 is 2.38 bits per heavy atom. The lowest BCUT2D eigenvalue weighted by Crippen LogP contribution is -2.57. The summed E-state index contributed by atoms with van der Waals surface area (Å²) >= 11 is 0. The average molecular weight is 218 g/mol. The number of hydrogen-bond donors (Lipinski definition) is 1. The van der Waals surface area contributed by atoms with Gasteiger partial charge in [-0.2, -0.15) is 0 Å². The van der Waals surface area contributed by atoms with Gasteiger partial charge in [0.05, 0.1) is 5.69 Å². The summed E-state index contributed by atoms with van der Waals surface area (Å²) < 4.78 is 0. The van der Waals surface area contributed by atoms with Crippen molar-refractivity contribution in [2.45, 2.75) is 6.92 Å². The predicted octanol–water partition coefficient (Wildman–Crippen LogP) is 0.906. The molecule has 82 valence electrons. The molecule has 1 heterocycles. The van der Waals surface area contributed by atoms with Gasteiger partial charge in [-0.05, 0) is 19.1 Å². The lowest BCUT2D eigenvalue weighted by Gasteiger charge is -2.28. The third-order valence-corrected chi connectivity index (χ3v) is 2.43. The van der Waals surface area contributed by atoms with Crippen LogP contribution in [0.1, 0.15) is 6.92 Å². The van der Waals surface area contributed by atoms with Crippen molar-refractivity contribution in [1.29, 1.82) is 0 Å². The zero-order valence-electron chi connectivity index (χ0n) is 8.64. The number of hydrogen-bond acceptors (Lipinski definition) is 3. The molecular formula is C11H10N2O3. The molecule has 1 unspecified atom stereocenters. The molecule has 1 N–H and O–H groups in total. The lowest BCUT2D eigenvalue weighted by molar-refractivity contribution is -0.133. The molecule has 0 radical (unpaired) electrons. The zero-order chi connectivity index (χ0) is 11.7. The van der Waals surface area contributed by atoms with E-state index in [-0.39, 0.29) is 0 Å². The maximum Gasteiger partial charge on any atom is 0.335 e. The molecule has 0 saturated carbocycles. The number of para-hydroxylation sites is 1. The number of benzene rings is 1. The maximum atomic E-state index is 11.8. The van der Waals surface area contributed by atoms with E-state index in [1.165, 1.54) is 6.92 Å². The smallest absolute Gasteiger partial charge is 0.277 e. The van der Waals surface area contributed by atoms with E-state index in [0.717, 1.165) is 4.90 Å². The Labute approximate surface area is 92.0 Å². The molecule has 5 nitrogen and oxygen atoms in total. The van der Waals surface area contributed by atoms with Crippen LogP contribution in [0.25, 0.3) is 0 Å². The first kappa shape index (κ1) is 10.4. The molecule has 0 aromatic heterocycles. The Kier molecular flexibility index (Phi) is 2.44. The number of carbonyl (C=O) groups excluding carboxylic acids is 3. The summed E-state index contributed by atoms with van der Waals surface area (Å²) in [7, 11) is 0. The summed E-state index contributed by atoms with van der Waals surface area (Å²) in [6, 6.07) is 7.80. The summed E-state index contributed by atoms with van der Waals surface area (Å²) in [6.07, 6.45) is 0. The average Bonchev–Trinajstić information content (AvgIpc) is 2.28. The summed E-state index contributed by atoms with van der Waals surface area (Å²) in [5, 5.41) is 2.14. The molecule has 1 aliphatic heterocycles. The maximum absolute atomic E-state index is 11.8. The number of carbonyl (C=O) groups is 3. The fourth-order valence-electron chi connectivity index (χ4n) is 1.50. The highest BCUT2D eigenvalue weighted by molar-refractivity contribution is 6.27. The van der Waals surface area contributed by atoms with Crippen LogP contribution >= 0.6 is 0 Å². The van der Waals surface area contributed by atoms with E-state index < -0.39 is 23.8 Å². The Hall–Kier alpha value is -2.17. The number of nitrogens with one attached hydrogen (secondary N) is 1. The molecule has 5 heteroatoms. The van der Waals surface area contributed by atoms with Crippen molar-refractivity contribution in [3.63, 3.8) is 0 Å². The highest BCUT2D eigenvalue weighted by Gasteiger charge is 2.38. The first-order valence-electron chi connectivity index (χ1n) is 4.85. The van der Waals surface area contributed by atoms with Gasteiger partial charge in [0.2, 0.25) is 11.8 Å². The first-order chi connectivity index (χ1) is 7.61. The fraction of sp³-hybridized carbons (Fsp3) is 0.182. The Bertz CT molecular complexity index is 456. The van der Waals surface area contributed by atoms with Gasteiger partial charge < -0.3 is 0 Å². The number of nitrogens with zero attached hydrogens (tertiary/aromatic N) is 1. The quantitative estimate of drug-likeness (QED) is 0.712. The van der Waals surface area contributed by atoms with Crippen LogP contribution < -0.4 is 10.2 Å². The number of barbiturate groups is 1. The summed E-state index contributed by atoms with van der Waals surface area (Å²) in [4.78, 5) is 35.5. The minimum atomic E-state index is -0.835. The summed E-state index contributed by atoms with van der Waals surface area (Å²) in [5.74, 6) is -1.89. The van der Waals surface area contributed by atoms with E-state index in [9.17, 15) is 14.4 Å². The van der Waals surface area contributed by atoms with Crippen LogP contribution in [0.3, 0.4) is 0 Å². The van der Waals surface area contributed by atoms with E-state index in [1.807, 2.05) is 0 Å². The molecular weight excluding hydrogens is 208 g/mol. The highest BCUT2D eigenvalue weighted by atomic mass is 16.2. The topological polar surface area (TPSA) is 66.5 Å². The molecule has 1 saturated heterocycles. The van der Waals surface area contributed by atoms with Gasteiger partial charge in [-0.15, -0.1) is 0 Å². The molecule has 0 aliphatic carbocycles. The van der Waals surface area contributed by atoms with Crippen molar-refractivity contribution in [3.8, 4) is 0 Å². The third-order valence-electron chi connectivity index (χ3n) is 2.43. The largest absolute Gasteiger partial charge is 0.335 e. The van der Waals surface area contributed by atoms with Gasteiger partial charge >= 0.3 is 6.03 Å². The Morgan fingerprint density at radius 2 is 1.75 bits per heavy atom. The van der Waals surface area contributed by atoms with Crippen molar-refractivity contribution in [2.75, 3.05) is 4.90 Å². The van der Waals surface area contributed by atoms with Crippen LogP contribution in [0.15, 0.2) is 30.3 Å². The standard InChI is InChI=1S/C11H10N2O3/c1-7-9(14)12-11(16)13(10(7)15)8-5-3-2-4-6-8/h2-7H,1H3,(H,12,14,16). The van der Waals surface area contributed by atoms with E-state index in [1.54, 1.807) is 30.3 Å². The summed E-state index contributed by atoms with van der Waals surface area (Å²) in [6.45, 7) is 1.47. The molecule has 16 heavy (non-hydrogen) atoms. The van der Waals surface area contributed by atoms with E-state index in [2.05, 4.69) is 5.32 Å². The van der Waals surface area contributed by atoms with Gasteiger partial charge in [-0.3, -0.25) is 14.9 Å². The number of rotatable bonds is 1. The second-order valence-corrected chi connectivity index (χ2v) is 3.53.